The zero-order valence-corrected chi connectivity index (χ0v) is 20.4. The number of Topliss-reactive ketones (excluding diaryl/α,β-unsaturated/α-hetero) is 1. The summed E-state index contributed by atoms with van der Waals surface area (Å²) in [5.41, 5.74) is 1.98. The van der Waals surface area contributed by atoms with E-state index in [0.29, 0.717) is 29.1 Å². The van der Waals surface area contributed by atoms with Crippen molar-refractivity contribution in [1.82, 2.24) is 5.32 Å². The van der Waals surface area contributed by atoms with Gasteiger partial charge < -0.3 is 19.5 Å². The van der Waals surface area contributed by atoms with Crippen LogP contribution in [0.1, 0.15) is 31.7 Å². The van der Waals surface area contributed by atoms with Crippen LogP contribution in [0.2, 0.25) is 0 Å². The molecule has 188 valence electrons. The summed E-state index contributed by atoms with van der Waals surface area (Å²) in [4.78, 5) is 39.4. The van der Waals surface area contributed by atoms with Gasteiger partial charge in [-0.05, 0) is 49.1 Å². The van der Waals surface area contributed by atoms with Crippen molar-refractivity contribution in [3.63, 3.8) is 0 Å². The summed E-state index contributed by atoms with van der Waals surface area (Å²) in [6.07, 6.45) is 0.400. The summed E-state index contributed by atoms with van der Waals surface area (Å²) in [7, 11) is 1.24. The molecule has 0 fully saturated rings. The van der Waals surface area contributed by atoms with Crippen LogP contribution in [0.4, 0.5) is 4.39 Å². The van der Waals surface area contributed by atoms with E-state index in [0.717, 1.165) is 0 Å². The summed E-state index contributed by atoms with van der Waals surface area (Å²) in [6, 6.07) is 14.9. The average Bonchev–Trinajstić information content (AvgIpc) is 2.86. The lowest BCUT2D eigenvalue weighted by Crippen LogP contribution is -2.43. The Labute approximate surface area is 208 Å². The molecule has 0 radical (unpaired) electrons. The maximum Gasteiger partial charge on any atom is 0.336 e. The van der Waals surface area contributed by atoms with Crippen LogP contribution in [0.25, 0.3) is 0 Å². The third-order valence-electron chi connectivity index (χ3n) is 6.47. The monoisotopic (exact) mass is 493 g/mol. The topological polar surface area (TPSA) is 90.9 Å². The van der Waals surface area contributed by atoms with Gasteiger partial charge in [-0.2, -0.15) is 0 Å². The van der Waals surface area contributed by atoms with Crippen LogP contribution in [0, 0.1) is 17.7 Å². The van der Waals surface area contributed by atoms with E-state index in [2.05, 4.69) is 5.32 Å². The number of ketones is 1. The first-order valence-electron chi connectivity index (χ1n) is 11.7. The average molecular weight is 494 g/mol. The Kier molecular flexibility index (Phi) is 7.52. The highest BCUT2D eigenvalue weighted by molar-refractivity contribution is 6.12. The smallest absolute Gasteiger partial charge is 0.336 e. The lowest BCUT2D eigenvalue weighted by molar-refractivity contribution is -0.151. The number of dihydropyridines is 1. The van der Waals surface area contributed by atoms with E-state index in [1.807, 2.05) is 18.2 Å². The second-order valence-electron chi connectivity index (χ2n) is 8.89. The molecule has 2 aromatic rings. The van der Waals surface area contributed by atoms with Gasteiger partial charge in [0, 0.05) is 22.9 Å². The predicted octanol–water partition coefficient (Wildman–Crippen LogP) is 4.06. The van der Waals surface area contributed by atoms with E-state index in [9.17, 15) is 18.8 Å². The van der Waals surface area contributed by atoms with Gasteiger partial charge in [0.15, 0.2) is 5.78 Å². The van der Waals surface area contributed by atoms with Gasteiger partial charge in [0.25, 0.3) is 0 Å². The lowest BCUT2D eigenvalue weighted by Gasteiger charge is -2.38. The van der Waals surface area contributed by atoms with E-state index in [1.165, 1.54) is 25.3 Å². The number of hydrogen-bond donors (Lipinski definition) is 1. The van der Waals surface area contributed by atoms with Gasteiger partial charge in [-0.25, -0.2) is 9.18 Å². The first-order valence-corrected chi connectivity index (χ1v) is 11.7. The molecule has 0 aromatic heterocycles. The number of methoxy groups -OCH3 is 1. The quantitative estimate of drug-likeness (QED) is 0.353. The van der Waals surface area contributed by atoms with Gasteiger partial charge in [-0.15, -0.1) is 0 Å². The minimum absolute atomic E-state index is 0.0257. The van der Waals surface area contributed by atoms with Crippen molar-refractivity contribution in [2.75, 3.05) is 20.3 Å². The molecule has 1 aliphatic heterocycles. The molecule has 7 nitrogen and oxygen atoms in total. The fourth-order valence-electron chi connectivity index (χ4n) is 4.86. The van der Waals surface area contributed by atoms with Crippen molar-refractivity contribution in [1.29, 1.82) is 0 Å². The number of carbonyl (C=O) groups is 3. The number of hydrogen-bond acceptors (Lipinski definition) is 7. The van der Waals surface area contributed by atoms with Crippen molar-refractivity contribution >= 4 is 17.7 Å². The van der Waals surface area contributed by atoms with Gasteiger partial charge in [0.2, 0.25) is 0 Å². The third-order valence-corrected chi connectivity index (χ3v) is 6.47. The molecule has 0 saturated carbocycles. The van der Waals surface area contributed by atoms with Crippen LogP contribution in [0.15, 0.2) is 77.1 Å². The molecule has 1 aliphatic carbocycles. The summed E-state index contributed by atoms with van der Waals surface area (Å²) in [6.45, 7) is 3.63. The van der Waals surface area contributed by atoms with Gasteiger partial charge in [-0.3, -0.25) is 9.59 Å². The Morgan fingerprint density at radius 2 is 1.83 bits per heavy atom. The number of allylic oxidation sites excluding steroid dienone is 3. The highest BCUT2D eigenvalue weighted by Crippen LogP contribution is 2.45. The molecular weight excluding hydrogens is 465 g/mol. The Morgan fingerprint density at radius 3 is 2.53 bits per heavy atom. The van der Waals surface area contributed by atoms with Crippen molar-refractivity contribution in [2.45, 2.75) is 26.2 Å². The van der Waals surface area contributed by atoms with Gasteiger partial charge in [-0.1, -0.05) is 37.3 Å². The van der Waals surface area contributed by atoms with Gasteiger partial charge >= 0.3 is 11.9 Å². The molecule has 2 aliphatic rings. The van der Waals surface area contributed by atoms with E-state index >= 15 is 0 Å². The Hall–Kier alpha value is -3.94. The van der Waals surface area contributed by atoms with E-state index in [1.54, 1.807) is 32.0 Å². The van der Waals surface area contributed by atoms with Crippen LogP contribution in [0.3, 0.4) is 0 Å². The summed E-state index contributed by atoms with van der Waals surface area (Å²) < 4.78 is 30.2. The van der Waals surface area contributed by atoms with Crippen molar-refractivity contribution in [3.05, 3.63) is 88.5 Å². The Balaban J connectivity index is 1.64. The molecule has 0 amide bonds. The number of esters is 2. The molecule has 0 saturated heterocycles. The highest BCUT2D eigenvalue weighted by Gasteiger charge is 2.47. The number of rotatable bonds is 7. The van der Waals surface area contributed by atoms with E-state index in [-0.39, 0.29) is 30.3 Å². The largest absolute Gasteiger partial charge is 0.490 e. The van der Waals surface area contributed by atoms with Gasteiger partial charge in [0.05, 0.1) is 12.7 Å². The molecule has 36 heavy (non-hydrogen) atoms. The molecular formula is C28H28FNO6. The zero-order valence-electron chi connectivity index (χ0n) is 20.4. The number of benzene rings is 2. The van der Waals surface area contributed by atoms with Crippen LogP contribution in [0.5, 0.6) is 5.75 Å². The Bertz CT molecular complexity index is 1240. The first kappa shape index (κ1) is 25.2. The van der Waals surface area contributed by atoms with E-state index in [4.69, 9.17) is 14.2 Å². The minimum Gasteiger partial charge on any atom is -0.490 e. The number of halogens is 1. The Morgan fingerprint density at radius 1 is 1.08 bits per heavy atom. The second-order valence-corrected chi connectivity index (χ2v) is 8.89. The molecule has 1 heterocycles. The summed E-state index contributed by atoms with van der Waals surface area (Å²) >= 11 is 0. The van der Waals surface area contributed by atoms with Crippen LogP contribution < -0.4 is 10.1 Å². The van der Waals surface area contributed by atoms with Crippen LogP contribution >= 0.6 is 0 Å². The first-order chi connectivity index (χ1) is 17.3. The van der Waals surface area contributed by atoms with Gasteiger partial charge in [0.1, 0.15) is 30.7 Å². The summed E-state index contributed by atoms with van der Waals surface area (Å²) in [5, 5.41) is 3.18. The number of ether oxygens (including phenoxy) is 3. The summed E-state index contributed by atoms with van der Waals surface area (Å²) in [5.74, 6) is -3.80. The SMILES string of the molecule is COC(=O)[C@H]1C(=O)C2=C(C[C@@H]1C)NC(C)=C(C(=O)OCCOc1ccccc1)[C@H]2c1cccc(F)c1. The zero-order chi connectivity index (χ0) is 25.8. The fraction of sp³-hybridized carbons (Fsp3) is 0.321. The van der Waals surface area contributed by atoms with E-state index < -0.39 is 35.4 Å². The molecule has 8 heteroatoms. The number of carbonyl (C=O) groups excluding carboxylic acids is 3. The second kappa shape index (κ2) is 10.8. The van der Waals surface area contributed by atoms with Crippen molar-refractivity contribution in [2.24, 2.45) is 11.8 Å². The normalized spacial score (nSPS) is 21.4. The highest BCUT2D eigenvalue weighted by atomic mass is 19.1. The molecule has 0 unspecified atom stereocenters. The molecule has 3 atom stereocenters. The van der Waals surface area contributed by atoms with Crippen molar-refractivity contribution in [3.8, 4) is 5.75 Å². The molecule has 2 aromatic carbocycles. The third kappa shape index (κ3) is 5.03. The molecule has 0 bridgehead atoms. The lowest BCUT2D eigenvalue weighted by atomic mass is 9.69. The molecule has 1 N–H and O–H groups in total. The predicted molar refractivity (Wildman–Crippen MR) is 129 cm³/mol. The molecule has 4 rings (SSSR count). The maximum absolute atomic E-state index is 14.3. The standard InChI is InChI=1S/C28H28FNO6/c1-16-14-21-25(26(31)22(16)27(32)34-3)24(18-8-7-9-19(29)15-18)23(17(2)30-21)28(33)36-13-12-35-20-10-5-4-6-11-20/h4-11,15-16,22,24,30H,12-14H2,1-3H3/t16-,22+,24+/m0/s1. The minimum atomic E-state index is -1.01. The number of nitrogens with one attached hydrogen (secondary N) is 1. The van der Waals surface area contributed by atoms with Crippen LogP contribution in [-0.2, 0) is 23.9 Å². The maximum atomic E-state index is 14.3. The number of para-hydroxylation sites is 1. The fourth-order valence-corrected chi connectivity index (χ4v) is 4.86. The van der Waals surface area contributed by atoms with Crippen molar-refractivity contribution < 1.29 is 33.0 Å². The molecule has 0 spiro atoms. The van der Waals surface area contributed by atoms with Crippen LogP contribution in [-0.4, -0.2) is 38.0 Å².